The SMILES string of the molecule is CCO.CCOP. The maximum absolute atomic E-state index is 7.57. The van der Waals surface area contributed by atoms with Crippen molar-refractivity contribution in [3.8, 4) is 0 Å². The fourth-order valence-corrected chi connectivity index (χ4v) is 0. The molecular formula is C4H13O2P. The second-order valence-corrected chi connectivity index (χ2v) is 1.10. The van der Waals surface area contributed by atoms with Crippen molar-refractivity contribution in [2.75, 3.05) is 13.2 Å². The third-order valence-electron chi connectivity index (χ3n) is 0.167. The lowest BCUT2D eigenvalue weighted by Gasteiger charge is -1.75. The van der Waals surface area contributed by atoms with Crippen LogP contribution in [0.2, 0.25) is 0 Å². The van der Waals surface area contributed by atoms with Crippen LogP contribution in [0.25, 0.3) is 0 Å². The number of hydrogen-bond donors (Lipinski definition) is 1. The van der Waals surface area contributed by atoms with Gasteiger partial charge >= 0.3 is 0 Å². The van der Waals surface area contributed by atoms with Gasteiger partial charge in [-0.15, -0.1) is 0 Å². The molecular weight excluding hydrogens is 111 g/mol. The molecule has 0 aromatic rings. The highest BCUT2D eigenvalue weighted by Crippen LogP contribution is 1.77. The van der Waals surface area contributed by atoms with E-state index in [4.69, 9.17) is 5.11 Å². The first kappa shape index (κ1) is 10.4. The topological polar surface area (TPSA) is 29.5 Å². The number of aliphatic hydroxyl groups excluding tert-OH is 1. The summed E-state index contributed by atoms with van der Waals surface area (Å²) in [6.07, 6.45) is 0. The second-order valence-electron chi connectivity index (χ2n) is 0.772. The van der Waals surface area contributed by atoms with Crippen LogP contribution in [0.5, 0.6) is 0 Å². The van der Waals surface area contributed by atoms with E-state index < -0.39 is 0 Å². The van der Waals surface area contributed by atoms with E-state index in [0.717, 1.165) is 6.61 Å². The molecule has 1 N–H and O–H groups in total. The highest BCUT2D eigenvalue weighted by molar-refractivity contribution is 7.09. The summed E-state index contributed by atoms with van der Waals surface area (Å²) < 4.78 is 4.46. The van der Waals surface area contributed by atoms with Crippen molar-refractivity contribution in [2.45, 2.75) is 13.8 Å². The Hall–Kier alpha value is 0.350. The van der Waals surface area contributed by atoms with E-state index in [1.54, 1.807) is 6.92 Å². The van der Waals surface area contributed by atoms with Gasteiger partial charge in [0.25, 0.3) is 0 Å². The van der Waals surface area contributed by atoms with Crippen LogP contribution in [0.4, 0.5) is 0 Å². The van der Waals surface area contributed by atoms with Crippen LogP contribution in [0.3, 0.4) is 0 Å². The molecule has 2 nitrogen and oxygen atoms in total. The van der Waals surface area contributed by atoms with E-state index in [9.17, 15) is 0 Å². The maximum Gasteiger partial charge on any atom is 0.0473 e. The van der Waals surface area contributed by atoms with E-state index >= 15 is 0 Å². The van der Waals surface area contributed by atoms with Gasteiger partial charge in [0.15, 0.2) is 0 Å². The summed E-state index contributed by atoms with van der Waals surface area (Å²) in [5.41, 5.74) is 0. The molecule has 0 aromatic carbocycles. The minimum absolute atomic E-state index is 0.250. The minimum atomic E-state index is 0.250. The molecule has 0 aliphatic carbocycles. The molecule has 0 saturated heterocycles. The average Bonchev–Trinajstić information content (AvgIpc) is 1.69. The highest BCUT2D eigenvalue weighted by atomic mass is 31.0. The Kier molecular flexibility index (Phi) is 24.0. The van der Waals surface area contributed by atoms with Crippen molar-refractivity contribution >= 4 is 9.47 Å². The molecule has 0 aliphatic heterocycles. The minimum Gasteiger partial charge on any atom is -0.397 e. The van der Waals surface area contributed by atoms with Gasteiger partial charge in [-0.3, -0.25) is 0 Å². The van der Waals surface area contributed by atoms with Gasteiger partial charge in [0.1, 0.15) is 0 Å². The molecule has 0 fully saturated rings. The molecule has 0 rings (SSSR count). The molecule has 0 heterocycles. The first-order valence-corrected chi connectivity index (χ1v) is 2.73. The van der Waals surface area contributed by atoms with Crippen LogP contribution in [0, 0.1) is 0 Å². The molecule has 0 radical (unpaired) electrons. The fourth-order valence-electron chi connectivity index (χ4n) is 0. The van der Waals surface area contributed by atoms with E-state index in [-0.39, 0.29) is 6.61 Å². The van der Waals surface area contributed by atoms with Gasteiger partial charge in [-0.25, -0.2) is 0 Å². The summed E-state index contributed by atoms with van der Waals surface area (Å²) in [5.74, 6) is 0. The van der Waals surface area contributed by atoms with Crippen molar-refractivity contribution in [3.05, 3.63) is 0 Å². The predicted molar refractivity (Wildman–Crippen MR) is 34.1 cm³/mol. The van der Waals surface area contributed by atoms with E-state index in [0.29, 0.717) is 0 Å². The predicted octanol–water partition coefficient (Wildman–Crippen LogP) is 0.812. The molecule has 1 unspecified atom stereocenters. The molecule has 0 aliphatic rings. The Morgan fingerprint density at radius 3 is 1.71 bits per heavy atom. The van der Waals surface area contributed by atoms with Crippen molar-refractivity contribution in [1.82, 2.24) is 0 Å². The molecule has 0 bridgehead atoms. The molecule has 0 amide bonds. The zero-order valence-corrected chi connectivity index (χ0v) is 6.00. The van der Waals surface area contributed by atoms with Crippen molar-refractivity contribution < 1.29 is 9.63 Å². The summed E-state index contributed by atoms with van der Waals surface area (Å²) in [4.78, 5) is 0. The summed E-state index contributed by atoms with van der Waals surface area (Å²) >= 11 is 0. The molecule has 0 spiro atoms. The first-order valence-electron chi connectivity index (χ1n) is 2.25. The van der Waals surface area contributed by atoms with Gasteiger partial charge in [-0.05, 0) is 13.8 Å². The normalized spacial score (nSPS) is 6.86. The summed E-state index contributed by atoms with van der Waals surface area (Å²) in [5, 5.41) is 7.57. The average molecular weight is 124 g/mol. The zero-order chi connectivity index (χ0) is 6.12. The van der Waals surface area contributed by atoms with Gasteiger partial charge in [0.2, 0.25) is 0 Å². The van der Waals surface area contributed by atoms with E-state index in [2.05, 4.69) is 14.0 Å². The van der Waals surface area contributed by atoms with Crippen molar-refractivity contribution in [3.63, 3.8) is 0 Å². The van der Waals surface area contributed by atoms with Crippen LogP contribution >= 0.6 is 9.47 Å². The Morgan fingerprint density at radius 2 is 1.71 bits per heavy atom. The van der Waals surface area contributed by atoms with Crippen molar-refractivity contribution in [1.29, 1.82) is 0 Å². The number of aliphatic hydroxyl groups is 1. The molecule has 1 atom stereocenters. The Morgan fingerprint density at radius 1 is 1.57 bits per heavy atom. The number of hydrogen-bond acceptors (Lipinski definition) is 2. The van der Waals surface area contributed by atoms with Gasteiger partial charge in [0, 0.05) is 22.7 Å². The fraction of sp³-hybridized carbons (Fsp3) is 1.00. The van der Waals surface area contributed by atoms with Gasteiger partial charge < -0.3 is 9.63 Å². The lowest BCUT2D eigenvalue weighted by molar-refractivity contribution is 0.318. The van der Waals surface area contributed by atoms with E-state index in [1.165, 1.54) is 0 Å². The lowest BCUT2D eigenvalue weighted by atomic mass is 10.9. The summed E-state index contributed by atoms with van der Waals surface area (Å²) in [7, 11) is 2.16. The Labute approximate surface area is 47.2 Å². The Balaban J connectivity index is 0. The summed E-state index contributed by atoms with van der Waals surface area (Å²) in [6.45, 7) is 4.65. The molecule has 7 heavy (non-hydrogen) atoms. The van der Waals surface area contributed by atoms with Gasteiger partial charge in [0.05, 0.1) is 0 Å². The molecule has 46 valence electrons. The molecule has 3 heteroatoms. The van der Waals surface area contributed by atoms with Crippen LogP contribution in [-0.4, -0.2) is 18.3 Å². The smallest absolute Gasteiger partial charge is 0.0473 e. The summed E-state index contributed by atoms with van der Waals surface area (Å²) in [6, 6.07) is 0. The third kappa shape index (κ3) is 65.9. The van der Waals surface area contributed by atoms with Crippen LogP contribution in [-0.2, 0) is 4.52 Å². The van der Waals surface area contributed by atoms with Gasteiger partial charge in [-0.1, -0.05) is 0 Å². The third-order valence-corrected chi connectivity index (χ3v) is 0.500. The maximum atomic E-state index is 7.57. The van der Waals surface area contributed by atoms with Gasteiger partial charge in [-0.2, -0.15) is 0 Å². The quantitative estimate of drug-likeness (QED) is 0.524. The van der Waals surface area contributed by atoms with Crippen molar-refractivity contribution in [2.24, 2.45) is 0 Å². The van der Waals surface area contributed by atoms with E-state index in [1.807, 2.05) is 6.92 Å². The second kappa shape index (κ2) is 16.2. The Bertz CT molecular complexity index is 17.2. The number of rotatable bonds is 1. The monoisotopic (exact) mass is 124 g/mol. The lowest BCUT2D eigenvalue weighted by Crippen LogP contribution is -1.63. The standard InChI is InChI=1S/C2H7OP.C2H6O/c1-2-3-4;1-2-3/h2,4H2,1H3;3H,2H2,1H3. The van der Waals surface area contributed by atoms with Crippen LogP contribution in [0.1, 0.15) is 13.8 Å². The molecule has 0 saturated carbocycles. The zero-order valence-electron chi connectivity index (χ0n) is 4.85. The highest BCUT2D eigenvalue weighted by Gasteiger charge is 1.51. The first-order chi connectivity index (χ1) is 3.33. The van der Waals surface area contributed by atoms with Crippen LogP contribution < -0.4 is 0 Å². The van der Waals surface area contributed by atoms with Crippen LogP contribution in [0.15, 0.2) is 0 Å². The largest absolute Gasteiger partial charge is 0.397 e. The molecule has 0 aromatic heterocycles.